The Bertz CT molecular complexity index is 1330. The minimum Gasteiger partial charge on any atom is -0.462 e. The molecule has 0 aliphatic heterocycles. The zero-order chi connectivity index (χ0) is 25.8. The molecule has 1 unspecified atom stereocenters. The summed E-state index contributed by atoms with van der Waals surface area (Å²) in [6.07, 6.45) is 0.149. The second kappa shape index (κ2) is 11.1. The Labute approximate surface area is 208 Å². The van der Waals surface area contributed by atoms with Crippen LogP contribution in [0.5, 0.6) is 0 Å². The molecule has 2 aromatic carbocycles. The van der Waals surface area contributed by atoms with Crippen LogP contribution >= 0.6 is 11.3 Å². The number of ether oxygens (including phenoxy) is 1. The van der Waals surface area contributed by atoms with Crippen molar-refractivity contribution in [3.63, 3.8) is 0 Å². The number of aryl methyl sites for hydroxylation is 2. The largest absolute Gasteiger partial charge is 0.462 e. The first kappa shape index (κ1) is 26.5. The molecule has 0 bridgehead atoms. The SMILES string of the molecule is CCOC(=O)c1c(-c2ccc(C)c(C)c2)csc1NC(=O)C(CC)NS(=O)(=O)c1ccc(F)cc1. The summed E-state index contributed by atoms with van der Waals surface area (Å²) in [5.41, 5.74) is 3.79. The Hall–Kier alpha value is -3.08. The molecule has 2 N–H and O–H groups in total. The lowest BCUT2D eigenvalue weighted by Crippen LogP contribution is -2.43. The molecule has 0 saturated heterocycles. The summed E-state index contributed by atoms with van der Waals surface area (Å²) in [6, 6.07) is 8.98. The third-order valence-electron chi connectivity index (χ3n) is 5.47. The monoisotopic (exact) mass is 518 g/mol. The van der Waals surface area contributed by atoms with Crippen molar-refractivity contribution in [2.24, 2.45) is 0 Å². The lowest BCUT2D eigenvalue weighted by atomic mass is 9.99. The standard InChI is InChI=1S/C25H27FN2O5S2/c1-5-21(28-35(31,32)19-11-9-18(26)10-12-19)23(29)27-24-22(25(30)33-6-2)20(14-34-24)17-8-7-15(3)16(4)13-17/h7-14,21,28H,5-6H2,1-4H3,(H,27,29). The van der Waals surface area contributed by atoms with Gasteiger partial charge in [0.25, 0.3) is 0 Å². The number of carbonyl (C=O) groups excluding carboxylic acids is 2. The summed E-state index contributed by atoms with van der Waals surface area (Å²) in [6.45, 7) is 7.46. The highest BCUT2D eigenvalue weighted by molar-refractivity contribution is 7.89. The van der Waals surface area contributed by atoms with Gasteiger partial charge in [0.1, 0.15) is 22.4 Å². The summed E-state index contributed by atoms with van der Waals surface area (Å²) >= 11 is 1.16. The van der Waals surface area contributed by atoms with Crippen molar-refractivity contribution < 1.29 is 27.1 Å². The molecular weight excluding hydrogens is 491 g/mol. The maximum absolute atomic E-state index is 13.2. The summed E-state index contributed by atoms with van der Waals surface area (Å²) in [7, 11) is -4.07. The molecule has 10 heteroatoms. The number of halogens is 1. The molecule has 1 atom stereocenters. The molecule has 0 aliphatic carbocycles. The van der Waals surface area contributed by atoms with E-state index in [1.54, 1.807) is 19.2 Å². The highest BCUT2D eigenvalue weighted by Crippen LogP contribution is 2.37. The van der Waals surface area contributed by atoms with Crippen LogP contribution in [0.2, 0.25) is 0 Å². The molecule has 186 valence electrons. The normalized spacial score (nSPS) is 12.3. The van der Waals surface area contributed by atoms with Crippen LogP contribution in [0, 0.1) is 19.7 Å². The minimum absolute atomic E-state index is 0.149. The number of rotatable bonds is 9. The van der Waals surface area contributed by atoms with Crippen LogP contribution in [0.25, 0.3) is 11.1 Å². The van der Waals surface area contributed by atoms with Crippen LogP contribution in [0.4, 0.5) is 9.39 Å². The number of esters is 1. The molecule has 0 spiro atoms. The summed E-state index contributed by atoms with van der Waals surface area (Å²) in [5, 5.41) is 4.72. The van der Waals surface area contributed by atoms with Gasteiger partial charge in [-0.2, -0.15) is 4.72 Å². The number of carbonyl (C=O) groups is 2. The van der Waals surface area contributed by atoms with Crippen molar-refractivity contribution in [2.45, 2.75) is 45.1 Å². The van der Waals surface area contributed by atoms with Crippen molar-refractivity contribution in [3.05, 3.63) is 70.4 Å². The molecule has 0 saturated carbocycles. The van der Waals surface area contributed by atoms with E-state index in [4.69, 9.17) is 4.74 Å². The first-order valence-electron chi connectivity index (χ1n) is 11.0. The van der Waals surface area contributed by atoms with Crippen molar-refractivity contribution in [1.82, 2.24) is 4.72 Å². The minimum atomic E-state index is -4.07. The Morgan fingerprint density at radius 2 is 1.74 bits per heavy atom. The van der Waals surface area contributed by atoms with E-state index in [2.05, 4.69) is 10.0 Å². The second-order valence-corrected chi connectivity index (χ2v) is 10.5. The molecule has 3 rings (SSSR count). The maximum atomic E-state index is 13.2. The van der Waals surface area contributed by atoms with Crippen LogP contribution in [0.15, 0.2) is 52.7 Å². The number of sulfonamides is 1. The third kappa shape index (κ3) is 6.14. The van der Waals surface area contributed by atoms with Gasteiger partial charge in [-0.25, -0.2) is 17.6 Å². The molecule has 3 aromatic rings. The highest BCUT2D eigenvalue weighted by Gasteiger charge is 2.28. The molecule has 0 fully saturated rings. The summed E-state index contributed by atoms with van der Waals surface area (Å²) < 4.78 is 46.2. The van der Waals surface area contributed by atoms with Crippen molar-refractivity contribution in [1.29, 1.82) is 0 Å². The second-order valence-electron chi connectivity index (χ2n) is 7.90. The van der Waals surface area contributed by atoms with E-state index in [1.165, 1.54) is 0 Å². The summed E-state index contributed by atoms with van der Waals surface area (Å²) in [4.78, 5) is 25.7. The molecule has 35 heavy (non-hydrogen) atoms. The van der Waals surface area contributed by atoms with Gasteiger partial charge in [0, 0.05) is 10.9 Å². The fraction of sp³-hybridized carbons (Fsp3) is 0.280. The van der Waals surface area contributed by atoms with Crippen LogP contribution in [0.1, 0.15) is 41.8 Å². The summed E-state index contributed by atoms with van der Waals surface area (Å²) in [5.74, 6) is -1.79. The van der Waals surface area contributed by atoms with Gasteiger partial charge in [0.2, 0.25) is 15.9 Å². The van der Waals surface area contributed by atoms with E-state index in [0.29, 0.717) is 5.56 Å². The van der Waals surface area contributed by atoms with Gasteiger partial charge in [-0.3, -0.25) is 4.79 Å². The van der Waals surface area contributed by atoms with E-state index in [9.17, 15) is 22.4 Å². The smallest absolute Gasteiger partial charge is 0.341 e. The van der Waals surface area contributed by atoms with E-state index >= 15 is 0 Å². The van der Waals surface area contributed by atoms with Crippen molar-refractivity contribution in [2.75, 3.05) is 11.9 Å². The zero-order valence-electron chi connectivity index (χ0n) is 19.8. The van der Waals surface area contributed by atoms with E-state index in [-0.39, 0.29) is 28.5 Å². The van der Waals surface area contributed by atoms with Gasteiger partial charge in [0.15, 0.2) is 0 Å². The van der Waals surface area contributed by atoms with Gasteiger partial charge >= 0.3 is 5.97 Å². The first-order valence-corrected chi connectivity index (χ1v) is 13.4. The zero-order valence-corrected chi connectivity index (χ0v) is 21.5. The number of anilines is 1. The van der Waals surface area contributed by atoms with E-state index in [0.717, 1.165) is 52.3 Å². The fourth-order valence-corrected chi connectivity index (χ4v) is 5.61. The Morgan fingerprint density at radius 1 is 1.06 bits per heavy atom. The molecule has 0 aliphatic rings. The van der Waals surface area contributed by atoms with Gasteiger partial charge in [-0.1, -0.05) is 25.1 Å². The molecular formula is C25H27FN2O5S2. The Kier molecular flexibility index (Phi) is 8.42. The van der Waals surface area contributed by atoms with E-state index in [1.807, 2.05) is 32.0 Å². The number of amides is 1. The Morgan fingerprint density at radius 3 is 2.34 bits per heavy atom. The van der Waals surface area contributed by atoms with Crippen LogP contribution in [-0.2, 0) is 19.6 Å². The number of nitrogens with one attached hydrogen (secondary N) is 2. The van der Waals surface area contributed by atoms with Crippen LogP contribution in [0.3, 0.4) is 0 Å². The molecule has 1 heterocycles. The molecule has 1 aromatic heterocycles. The number of thiophene rings is 1. The van der Waals surface area contributed by atoms with Crippen LogP contribution in [-0.4, -0.2) is 32.9 Å². The molecule has 7 nitrogen and oxygen atoms in total. The number of benzene rings is 2. The predicted molar refractivity (Wildman–Crippen MR) is 135 cm³/mol. The number of hydrogen-bond acceptors (Lipinski definition) is 6. The lowest BCUT2D eigenvalue weighted by Gasteiger charge is -2.17. The average Bonchev–Trinajstić information content (AvgIpc) is 3.23. The van der Waals surface area contributed by atoms with Gasteiger partial charge in [-0.15, -0.1) is 11.3 Å². The third-order valence-corrected chi connectivity index (χ3v) is 7.85. The molecule has 1 amide bonds. The maximum Gasteiger partial charge on any atom is 0.341 e. The first-order chi connectivity index (χ1) is 16.6. The van der Waals surface area contributed by atoms with Crippen molar-refractivity contribution in [3.8, 4) is 11.1 Å². The average molecular weight is 519 g/mol. The van der Waals surface area contributed by atoms with Crippen LogP contribution < -0.4 is 10.0 Å². The van der Waals surface area contributed by atoms with Gasteiger partial charge < -0.3 is 10.1 Å². The number of hydrogen-bond donors (Lipinski definition) is 2. The van der Waals surface area contributed by atoms with Gasteiger partial charge in [-0.05, 0) is 68.1 Å². The predicted octanol–water partition coefficient (Wildman–Crippen LogP) is 5.04. The fourth-order valence-electron chi connectivity index (χ4n) is 3.37. The topological polar surface area (TPSA) is 102 Å². The Balaban J connectivity index is 1.90. The highest BCUT2D eigenvalue weighted by atomic mass is 32.2. The van der Waals surface area contributed by atoms with E-state index < -0.39 is 33.8 Å². The van der Waals surface area contributed by atoms with Gasteiger partial charge in [0.05, 0.1) is 11.5 Å². The quantitative estimate of drug-likeness (QED) is 0.386. The lowest BCUT2D eigenvalue weighted by molar-refractivity contribution is -0.117. The van der Waals surface area contributed by atoms with Crippen molar-refractivity contribution >= 4 is 38.2 Å². The molecule has 0 radical (unpaired) electrons.